The molecule has 2 N–H and O–H groups in total. The van der Waals surface area contributed by atoms with Crippen LogP contribution in [-0.4, -0.2) is 4.98 Å². The quantitative estimate of drug-likeness (QED) is 0.797. The summed E-state index contributed by atoms with van der Waals surface area (Å²) in [7, 11) is 0. The lowest BCUT2D eigenvalue weighted by Crippen LogP contribution is -2.43. The van der Waals surface area contributed by atoms with Crippen LogP contribution in [0, 0.1) is 23.7 Å². The van der Waals surface area contributed by atoms with Gasteiger partial charge in [-0.05, 0) is 67.9 Å². The summed E-state index contributed by atoms with van der Waals surface area (Å²) in [4.78, 5) is 4.77. The summed E-state index contributed by atoms with van der Waals surface area (Å²) in [5.74, 6) is 5.11. The van der Waals surface area contributed by atoms with Crippen LogP contribution in [0.4, 0.5) is 5.69 Å². The summed E-state index contributed by atoms with van der Waals surface area (Å²) in [6.07, 6.45) is 7.07. The van der Waals surface area contributed by atoms with Crippen LogP contribution >= 0.6 is 0 Å². The molecule has 3 nitrogen and oxygen atoms in total. The Morgan fingerprint density at radius 2 is 1.70 bits per heavy atom. The van der Waals surface area contributed by atoms with E-state index in [4.69, 9.17) is 15.1 Å². The molecule has 4 aliphatic rings. The monoisotopic (exact) mass is 268 g/mol. The molecule has 0 aliphatic heterocycles. The number of oxazole rings is 1. The zero-order chi connectivity index (χ0) is 13.3. The standard InChI is InChI=1S/C17H20N2O/c18-13-2-1-3-14-16(13)19-17(20-14)15-11-5-9-4-10(7-11)8-12(15)6-9/h1-3,9-12,15H,4-8,18H2. The third-order valence-electron chi connectivity index (χ3n) is 5.98. The van der Waals surface area contributed by atoms with Crippen molar-refractivity contribution in [3.05, 3.63) is 24.1 Å². The van der Waals surface area contributed by atoms with Gasteiger partial charge in [0.25, 0.3) is 0 Å². The molecule has 0 spiro atoms. The molecule has 6 rings (SSSR count). The maximum absolute atomic E-state index is 6.08. The van der Waals surface area contributed by atoms with E-state index >= 15 is 0 Å². The number of hydrogen-bond acceptors (Lipinski definition) is 3. The molecule has 2 aromatic rings. The highest BCUT2D eigenvalue weighted by Crippen LogP contribution is 2.59. The zero-order valence-corrected chi connectivity index (χ0v) is 11.6. The lowest BCUT2D eigenvalue weighted by atomic mass is 9.52. The molecule has 4 fully saturated rings. The number of nitrogens with zero attached hydrogens (tertiary/aromatic N) is 1. The Morgan fingerprint density at radius 1 is 1.00 bits per heavy atom. The van der Waals surface area contributed by atoms with Crippen LogP contribution in [0.25, 0.3) is 11.1 Å². The van der Waals surface area contributed by atoms with E-state index in [0.717, 1.165) is 46.3 Å². The van der Waals surface area contributed by atoms with E-state index in [1.807, 2.05) is 18.2 Å². The van der Waals surface area contributed by atoms with Crippen LogP contribution in [0.3, 0.4) is 0 Å². The summed E-state index contributed by atoms with van der Waals surface area (Å²) in [6, 6.07) is 5.84. The first-order chi connectivity index (χ1) is 9.78. The molecular weight excluding hydrogens is 248 g/mol. The highest BCUT2D eigenvalue weighted by atomic mass is 16.3. The molecule has 104 valence electrons. The van der Waals surface area contributed by atoms with Gasteiger partial charge in [0.05, 0.1) is 5.69 Å². The highest BCUT2D eigenvalue weighted by molar-refractivity contribution is 5.85. The van der Waals surface area contributed by atoms with E-state index in [9.17, 15) is 0 Å². The Morgan fingerprint density at radius 3 is 2.35 bits per heavy atom. The first kappa shape index (κ1) is 11.2. The van der Waals surface area contributed by atoms with Gasteiger partial charge in [-0.2, -0.15) is 0 Å². The van der Waals surface area contributed by atoms with Crippen molar-refractivity contribution in [2.45, 2.75) is 38.0 Å². The normalized spacial score (nSPS) is 38.7. The maximum Gasteiger partial charge on any atom is 0.199 e. The van der Waals surface area contributed by atoms with Crippen LogP contribution < -0.4 is 5.73 Å². The number of rotatable bonds is 1. The molecule has 20 heavy (non-hydrogen) atoms. The Balaban J connectivity index is 1.59. The number of nitrogen functional groups attached to an aromatic ring is 1. The van der Waals surface area contributed by atoms with Gasteiger partial charge in [0.1, 0.15) is 5.52 Å². The molecule has 4 aliphatic carbocycles. The van der Waals surface area contributed by atoms with Crippen LogP contribution in [0.15, 0.2) is 22.6 Å². The molecule has 0 saturated heterocycles. The summed E-state index contributed by atoms with van der Waals surface area (Å²) in [5.41, 5.74) is 8.47. The molecular formula is C17H20N2O. The Bertz CT molecular complexity index is 647. The van der Waals surface area contributed by atoms with Gasteiger partial charge in [-0.3, -0.25) is 0 Å². The van der Waals surface area contributed by atoms with Crippen LogP contribution in [0.2, 0.25) is 0 Å². The van der Waals surface area contributed by atoms with Crippen molar-refractivity contribution in [2.24, 2.45) is 23.7 Å². The van der Waals surface area contributed by atoms with Crippen molar-refractivity contribution >= 4 is 16.8 Å². The minimum Gasteiger partial charge on any atom is -0.440 e. The molecule has 0 atom stereocenters. The Kier molecular flexibility index (Phi) is 2.11. The fourth-order valence-electron chi connectivity index (χ4n) is 5.46. The average molecular weight is 268 g/mol. The third kappa shape index (κ3) is 1.44. The largest absolute Gasteiger partial charge is 0.440 e. The van der Waals surface area contributed by atoms with Crippen molar-refractivity contribution in [2.75, 3.05) is 5.73 Å². The molecule has 0 unspecified atom stereocenters. The van der Waals surface area contributed by atoms with Crippen LogP contribution in [0.1, 0.15) is 43.9 Å². The second kappa shape index (κ2) is 3.78. The van der Waals surface area contributed by atoms with E-state index in [1.54, 1.807) is 0 Å². The van der Waals surface area contributed by atoms with E-state index < -0.39 is 0 Å². The molecule has 0 radical (unpaired) electrons. The van der Waals surface area contributed by atoms with Gasteiger partial charge in [0, 0.05) is 5.92 Å². The SMILES string of the molecule is Nc1cccc2oc(C3C4CC5CC(C4)CC3C5)nc12. The average Bonchev–Trinajstić information content (AvgIpc) is 2.82. The van der Waals surface area contributed by atoms with Crippen molar-refractivity contribution < 1.29 is 4.42 Å². The number of nitrogens with two attached hydrogens (primary N) is 1. The van der Waals surface area contributed by atoms with E-state index in [1.165, 1.54) is 32.1 Å². The van der Waals surface area contributed by atoms with E-state index in [-0.39, 0.29) is 0 Å². The first-order valence-corrected chi connectivity index (χ1v) is 7.93. The second-order valence-corrected chi connectivity index (χ2v) is 7.20. The molecule has 4 bridgehead atoms. The van der Waals surface area contributed by atoms with Gasteiger partial charge in [-0.15, -0.1) is 0 Å². The van der Waals surface area contributed by atoms with E-state index in [2.05, 4.69) is 0 Å². The van der Waals surface area contributed by atoms with Crippen molar-refractivity contribution in [1.82, 2.24) is 4.98 Å². The maximum atomic E-state index is 6.08. The number of anilines is 1. The predicted octanol–water partition coefficient (Wildman–Crippen LogP) is 3.95. The molecule has 4 saturated carbocycles. The van der Waals surface area contributed by atoms with Crippen molar-refractivity contribution in [3.8, 4) is 0 Å². The fourth-order valence-corrected chi connectivity index (χ4v) is 5.46. The molecule has 0 amide bonds. The van der Waals surface area contributed by atoms with Gasteiger partial charge in [0.2, 0.25) is 0 Å². The lowest BCUT2D eigenvalue weighted by Gasteiger charge is -2.53. The predicted molar refractivity (Wildman–Crippen MR) is 78.2 cm³/mol. The van der Waals surface area contributed by atoms with Gasteiger partial charge in [0.15, 0.2) is 11.5 Å². The Labute approximate surface area is 118 Å². The first-order valence-electron chi connectivity index (χ1n) is 7.93. The summed E-state index contributed by atoms with van der Waals surface area (Å²) < 4.78 is 6.08. The highest BCUT2D eigenvalue weighted by Gasteiger charge is 2.50. The minimum absolute atomic E-state index is 0.551. The minimum atomic E-state index is 0.551. The van der Waals surface area contributed by atoms with Gasteiger partial charge < -0.3 is 10.2 Å². The number of para-hydroxylation sites is 1. The zero-order valence-electron chi connectivity index (χ0n) is 11.6. The lowest BCUT2D eigenvalue weighted by molar-refractivity contribution is -0.0109. The fraction of sp³-hybridized carbons (Fsp3) is 0.588. The number of hydrogen-bond donors (Lipinski definition) is 1. The second-order valence-electron chi connectivity index (χ2n) is 7.20. The molecule has 1 aromatic heterocycles. The molecule has 3 heteroatoms. The summed E-state index contributed by atoms with van der Waals surface area (Å²) >= 11 is 0. The van der Waals surface area contributed by atoms with Crippen molar-refractivity contribution in [3.63, 3.8) is 0 Å². The van der Waals surface area contributed by atoms with Crippen LogP contribution in [-0.2, 0) is 0 Å². The Hall–Kier alpha value is -1.51. The smallest absolute Gasteiger partial charge is 0.199 e. The topological polar surface area (TPSA) is 52.0 Å². The van der Waals surface area contributed by atoms with Gasteiger partial charge in [-0.1, -0.05) is 6.07 Å². The number of benzene rings is 1. The third-order valence-corrected chi connectivity index (χ3v) is 5.98. The van der Waals surface area contributed by atoms with Gasteiger partial charge >= 0.3 is 0 Å². The van der Waals surface area contributed by atoms with Crippen LogP contribution in [0.5, 0.6) is 0 Å². The summed E-state index contributed by atoms with van der Waals surface area (Å²) in [6.45, 7) is 0. The molecule has 1 aromatic carbocycles. The summed E-state index contributed by atoms with van der Waals surface area (Å²) in [5, 5.41) is 0. The van der Waals surface area contributed by atoms with Crippen molar-refractivity contribution in [1.29, 1.82) is 0 Å². The molecule has 1 heterocycles. The number of fused-ring (bicyclic) bond motifs is 1. The van der Waals surface area contributed by atoms with E-state index in [0.29, 0.717) is 5.92 Å². The number of aromatic nitrogens is 1. The van der Waals surface area contributed by atoms with Gasteiger partial charge in [-0.25, -0.2) is 4.98 Å².